The maximum absolute atomic E-state index is 12.5. The van der Waals surface area contributed by atoms with Crippen LogP contribution in [0.2, 0.25) is 0 Å². The molecule has 0 saturated carbocycles. The molecule has 0 spiro atoms. The fraction of sp³-hybridized carbons (Fsp3) is 0.533. The number of hydrogen-bond acceptors (Lipinski definition) is 5. The van der Waals surface area contributed by atoms with E-state index >= 15 is 0 Å². The lowest BCUT2D eigenvalue weighted by molar-refractivity contribution is -0.141. The Labute approximate surface area is 141 Å². The molecule has 0 unspecified atom stereocenters. The summed E-state index contributed by atoms with van der Waals surface area (Å²) in [4.78, 5) is 13.9. The average molecular weight is 358 g/mol. The fourth-order valence-electron chi connectivity index (χ4n) is 2.45. The van der Waals surface area contributed by atoms with Crippen LogP contribution in [0.3, 0.4) is 0 Å². The van der Waals surface area contributed by atoms with Gasteiger partial charge in [0, 0.05) is 26.2 Å². The molecule has 1 fully saturated rings. The van der Waals surface area contributed by atoms with Crippen molar-refractivity contribution in [2.75, 3.05) is 38.2 Å². The molecular weight excluding hydrogens is 336 g/mol. The summed E-state index contributed by atoms with van der Waals surface area (Å²) >= 11 is 1.58. The summed E-state index contributed by atoms with van der Waals surface area (Å²) < 4.78 is 26.4. The second-order valence-corrected chi connectivity index (χ2v) is 8.26. The van der Waals surface area contributed by atoms with Crippen LogP contribution in [-0.4, -0.2) is 72.9 Å². The predicted octanol–water partition coefficient (Wildman–Crippen LogP) is 0.633. The second kappa shape index (κ2) is 8.14. The monoisotopic (exact) mass is 358 g/mol. The number of nitrogens with zero attached hydrogens (tertiary/aromatic N) is 2. The summed E-state index contributed by atoms with van der Waals surface area (Å²) in [5.74, 6) is 0.408. The fourth-order valence-corrected chi connectivity index (χ4v) is 4.36. The molecule has 6 nitrogen and oxygen atoms in total. The van der Waals surface area contributed by atoms with Crippen molar-refractivity contribution >= 4 is 27.7 Å². The minimum absolute atomic E-state index is 0.248. The molecular formula is C15H22N2O4S2. The first-order valence-corrected chi connectivity index (χ1v) is 10.3. The van der Waals surface area contributed by atoms with Gasteiger partial charge in [0.05, 0.1) is 4.90 Å². The van der Waals surface area contributed by atoms with Crippen molar-refractivity contribution in [2.24, 2.45) is 0 Å². The Kier molecular flexibility index (Phi) is 6.46. The number of piperazine rings is 1. The molecule has 1 heterocycles. The van der Waals surface area contributed by atoms with Gasteiger partial charge in [0.2, 0.25) is 10.0 Å². The summed E-state index contributed by atoms with van der Waals surface area (Å²) in [5, 5.41) is 9.87. The molecule has 1 aromatic carbocycles. The Morgan fingerprint density at radius 3 is 2.39 bits per heavy atom. The minimum atomic E-state index is -3.52. The van der Waals surface area contributed by atoms with E-state index in [0.29, 0.717) is 19.5 Å². The summed E-state index contributed by atoms with van der Waals surface area (Å²) in [7, 11) is -3.52. The first kappa shape index (κ1) is 18.3. The van der Waals surface area contributed by atoms with E-state index in [2.05, 4.69) is 0 Å². The Morgan fingerprint density at radius 2 is 1.83 bits per heavy atom. The lowest BCUT2D eigenvalue weighted by atomic mass is 10.2. The first-order chi connectivity index (χ1) is 11.0. The van der Waals surface area contributed by atoms with Gasteiger partial charge in [-0.15, -0.1) is 0 Å². The van der Waals surface area contributed by atoms with Gasteiger partial charge >= 0.3 is 0 Å². The van der Waals surface area contributed by atoms with E-state index < -0.39 is 16.1 Å². The molecule has 0 radical (unpaired) electrons. The third-order valence-corrected chi connectivity index (χ3v) is 6.37. The van der Waals surface area contributed by atoms with Gasteiger partial charge in [-0.2, -0.15) is 16.1 Å². The Morgan fingerprint density at radius 1 is 1.22 bits per heavy atom. The second-order valence-electron chi connectivity index (χ2n) is 5.34. The molecule has 0 aliphatic carbocycles. The van der Waals surface area contributed by atoms with Crippen LogP contribution >= 0.6 is 11.8 Å². The van der Waals surface area contributed by atoms with Crippen molar-refractivity contribution < 1.29 is 18.3 Å². The van der Waals surface area contributed by atoms with Gasteiger partial charge in [0.25, 0.3) is 5.91 Å². The standard InChI is InChI=1S/C15H22N2O4S2/c1-22-12-7-14(18)15(19)16-8-10-17(11-9-16)23(20,21)13-5-3-2-4-6-13/h2-6,14,18H,7-12H2,1H3/t14-/m1/s1. The largest absolute Gasteiger partial charge is 0.383 e. The van der Waals surface area contributed by atoms with Crippen molar-refractivity contribution in [3.05, 3.63) is 30.3 Å². The molecule has 23 heavy (non-hydrogen) atoms. The van der Waals surface area contributed by atoms with Crippen LogP contribution in [0.4, 0.5) is 0 Å². The van der Waals surface area contributed by atoms with E-state index in [1.807, 2.05) is 6.26 Å². The number of thioether (sulfide) groups is 1. The van der Waals surface area contributed by atoms with Crippen LogP contribution in [-0.2, 0) is 14.8 Å². The van der Waals surface area contributed by atoms with Gasteiger partial charge in [0.15, 0.2) is 0 Å². The number of aliphatic hydroxyl groups excluding tert-OH is 1. The minimum Gasteiger partial charge on any atom is -0.383 e. The van der Waals surface area contributed by atoms with Gasteiger partial charge in [-0.1, -0.05) is 18.2 Å². The third kappa shape index (κ3) is 4.47. The van der Waals surface area contributed by atoms with E-state index in [4.69, 9.17) is 0 Å². The number of hydrogen-bond donors (Lipinski definition) is 1. The molecule has 128 valence electrons. The Balaban J connectivity index is 1.95. The first-order valence-electron chi connectivity index (χ1n) is 7.48. The number of benzene rings is 1. The van der Waals surface area contributed by atoms with E-state index in [9.17, 15) is 18.3 Å². The van der Waals surface area contributed by atoms with E-state index in [1.165, 1.54) is 4.31 Å². The quantitative estimate of drug-likeness (QED) is 0.807. The zero-order valence-corrected chi connectivity index (χ0v) is 14.7. The maximum atomic E-state index is 12.5. The van der Waals surface area contributed by atoms with E-state index in [-0.39, 0.29) is 23.9 Å². The zero-order valence-electron chi connectivity index (χ0n) is 13.1. The molecule has 1 aliphatic heterocycles. The molecule has 8 heteroatoms. The van der Waals surface area contributed by atoms with Gasteiger partial charge in [-0.3, -0.25) is 4.79 Å². The third-order valence-electron chi connectivity index (χ3n) is 3.81. The van der Waals surface area contributed by atoms with Crippen LogP contribution in [0, 0.1) is 0 Å². The summed E-state index contributed by atoms with van der Waals surface area (Å²) in [6.07, 6.45) is 1.34. The molecule has 1 N–H and O–H groups in total. The van der Waals surface area contributed by atoms with Gasteiger partial charge in [-0.25, -0.2) is 8.42 Å². The number of carbonyl (C=O) groups excluding carboxylic acids is 1. The summed E-state index contributed by atoms with van der Waals surface area (Å²) in [5.41, 5.74) is 0. The lowest BCUT2D eigenvalue weighted by Gasteiger charge is -2.35. The molecule has 1 aromatic rings. The number of carbonyl (C=O) groups is 1. The van der Waals surface area contributed by atoms with Crippen molar-refractivity contribution in [1.82, 2.24) is 9.21 Å². The van der Waals surface area contributed by atoms with Crippen LogP contribution in [0.25, 0.3) is 0 Å². The topological polar surface area (TPSA) is 77.9 Å². The van der Waals surface area contributed by atoms with E-state index in [0.717, 1.165) is 5.75 Å². The van der Waals surface area contributed by atoms with Crippen molar-refractivity contribution in [2.45, 2.75) is 17.4 Å². The van der Waals surface area contributed by atoms with Crippen molar-refractivity contribution in [3.8, 4) is 0 Å². The predicted molar refractivity (Wildman–Crippen MR) is 90.8 cm³/mol. The highest BCUT2D eigenvalue weighted by Crippen LogP contribution is 2.17. The Bertz CT molecular complexity index is 614. The smallest absolute Gasteiger partial charge is 0.251 e. The summed E-state index contributed by atoms with van der Waals surface area (Å²) in [6.45, 7) is 1.11. The van der Waals surface area contributed by atoms with Crippen LogP contribution in [0.5, 0.6) is 0 Å². The summed E-state index contributed by atoms with van der Waals surface area (Å²) in [6, 6.07) is 8.28. The zero-order chi connectivity index (χ0) is 16.9. The number of sulfonamides is 1. The molecule has 0 aromatic heterocycles. The highest BCUT2D eigenvalue weighted by molar-refractivity contribution is 7.98. The van der Waals surface area contributed by atoms with Gasteiger partial charge in [0.1, 0.15) is 6.10 Å². The SMILES string of the molecule is CSCC[C@@H](O)C(=O)N1CCN(S(=O)(=O)c2ccccc2)CC1. The van der Waals surface area contributed by atoms with Crippen LogP contribution in [0.15, 0.2) is 35.2 Å². The maximum Gasteiger partial charge on any atom is 0.251 e. The Hall–Kier alpha value is -1.09. The highest BCUT2D eigenvalue weighted by Gasteiger charge is 2.31. The van der Waals surface area contributed by atoms with E-state index in [1.54, 1.807) is 47.0 Å². The van der Waals surface area contributed by atoms with Crippen LogP contribution in [0.1, 0.15) is 6.42 Å². The molecule has 1 aliphatic rings. The number of rotatable bonds is 6. The molecule has 1 amide bonds. The number of amides is 1. The molecule has 1 atom stereocenters. The molecule has 2 rings (SSSR count). The average Bonchev–Trinajstić information content (AvgIpc) is 2.59. The van der Waals surface area contributed by atoms with Gasteiger partial charge < -0.3 is 10.0 Å². The van der Waals surface area contributed by atoms with Crippen molar-refractivity contribution in [1.29, 1.82) is 0 Å². The number of aliphatic hydroxyl groups is 1. The normalized spacial score (nSPS) is 17.9. The van der Waals surface area contributed by atoms with Crippen LogP contribution < -0.4 is 0 Å². The lowest BCUT2D eigenvalue weighted by Crippen LogP contribution is -2.52. The van der Waals surface area contributed by atoms with Crippen molar-refractivity contribution in [3.63, 3.8) is 0 Å². The molecule has 0 bridgehead atoms. The highest BCUT2D eigenvalue weighted by atomic mass is 32.2. The van der Waals surface area contributed by atoms with Gasteiger partial charge in [-0.05, 0) is 30.6 Å². The molecule has 1 saturated heterocycles.